The van der Waals surface area contributed by atoms with Gasteiger partial charge in [0.25, 0.3) is 0 Å². The third-order valence-electron chi connectivity index (χ3n) is 6.66. The van der Waals surface area contributed by atoms with Crippen LogP contribution < -0.4 is 20.2 Å². The number of methoxy groups -OCH3 is 2. The molecule has 0 aliphatic heterocycles. The Balaban J connectivity index is 1.34. The van der Waals surface area contributed by atoms with E-state index >= 15 is 0 Å². The van der Waals surface area contributed by atoms with E-state index in [2.05, 4.69) is 15.8 Å². The quantitative estimate of drug-likeness (QED) is 0.124. The number of ether oxygens (including phenoxy) is 2. The average molecular weight is 653 g/mol. The minimum Gasteiger partial charge on any atom is -0.493 e. The second-order valence-corrected chi connectivity index (χ2v) is 12.3. The number of hydrogen-bond donors (Lipinski definition) is 2. The Bertz CT molecular complexity index is 1760. The second kappa shape index (κ2) is 15.4. The van der Waals surface area contributed by atoms with E-state index in [1.54, 1.807) is 31.4 Å². The molecule has 0 unspecified atom stereocenters. The van der Waals surface area contributed by atoms with E-state index in [1.165, 1.54) is 41.9 Å². The SMILES string of the molecule is COc1ccc(CCNC(=O)C(=O)N/N=C/c2ccc(CN(Cc3ccc(C)cc3)S(=O)(=O)c3ccc(Cl)cc3)o2)cc1OC. The summed E-state index contributed by atoms with van der Waals surface area (Å²) in [6.07, 6.45) is 1.68. The van der Waals surface area contributed by atoms with Crippen LogP contribution in [0.2, 0.25) is 5.02 Å². The van der Waals surface area contributed by atoms with E-state index in [-0.39, 0.29) is 30.3 Å². The zero-order valence-corrected chi connectivity index (χ0v) is 26.5. The Morgan fingerprint density at radius 1 is 0.889 bits per heavy atom. The van der Waals surface area contributed by atoms with Gasteiger partial charge in [0.1, 0.15) is 11.5 Å². The number of amides is 2. The van der Waals surface area contributed by atoms with Crippen LogP contribution in [0, 0.1) is 6.92 Å². The van der Waals surface area contributed by atoms with E-state index in [1.807, 2.05) is 37.3 Å². The Labute approximate surface area is 266 Å². The van der Waals surface area contributed by atoms with Gasteiger partial charge >= 0.3 is 11.8 Å². The predicted octanol–water partition coefficient (Wildman–Crippen LogP) is 4.46. The molecule has 1 aromatic heterocycles. The predicted molar refractivity (Wildman–Crippen MR) is 170 cm³/mol. The van der Waals surface area contributed by atoms with Crippen molar-refractivity contribution in [3.63, 3.8) is 0 Å². The van der Waals surface area contributed by atoms with Crippen LogP contribution in [0.3, 0.4) is 0 Å². The van der Waals surface area contributed by atoms with Gasteiger partial charge < -0.3 is 19.2 Å². The zero-order chi connectivity index (χ0) is 32.4. The number of furan rings is 1. The third-order valence-corrected chi connectivity index (χ3v) is 8.71. The highest BCUT2D eigenvalue weighted by atomic mass is 35.5. The fraction of sp³-hybridized carbons (Fsp3) is 0.219. The van der Waals surface area contributed by atoms with Crippen LogP contribution >= 0.6 is 11.6 Å². The number of aryl methyl sites for hydroxylation is 1. The Hall–Kier alpha value is -4.65. The van der Waals surface area contributed by atoms with Crippen LogP contribution in [0.25, 0.3) is 0 Å². The molecule has 0 saturated carbocycles. The van der Waals surface area contributed by atoms with Crippen LogP contribution in [0.15, 0.2) is 93.3 Å². The molecule has 4 aromatic rings. The molecule has 4 rings (SSSR count). The van der Waals surface area contributed by atoms with Gasteiger partial charge in [-0.15, -0.1) is 0 Å². The highest BCUT2D eigenvalue weighted by molar-refractivity contribution is 7.89. The van der Waals surface area contributed by atoms with Crippen molar-refractivity contribution >= 4 is 39.7 Å². The van der Waals surface area contributed by atoms with Crippen molar-refractivity contribution in [2.75, 3.05) is 20.8 Å². The molecule has 0 aliphatic rings. The van der Waals surface area contributed by atoms with Gasteiger partial charge in [-0.3, -0.25) is 9.59 Å². The van der Waals surface area contributed by atoms with Gasteiger partial charge in [-0.25, -0.2) is 13.8 Å². The topological polar surface area (TPSA) is 140 Å². The molecular formula is C32H33ClN4O7S. The summed E-state index contributed by atoms with van der Waals surface area (Å²) in [4.78, 5) is 24.5. The van der Waals surface area contributed by atoms with Gasteiger partial charge in [-0.05, 0) is 73.0 Å². The van der Waals surface area contributed by atoms with E-state index in [0.717, 1.165) is 16.7 Å². The maximum atomic E-state index is 13.6. The number of carbonyl (C=O) groups excluding carboxylic acids is 2. The van der Waals surface area contributed by atoms with Crippen molar-refractivity contribution in [2.24, 2.45) is 5.10 Å². The van der Waals surface area contributed by atoms with Gasteiger partial charge in [-0.2, -0.15) is 9.41 Å². The summed E-state index contributed by atoms with van der Waals surface area (Å²) in [6.45, 7) is 2.20. The minimum atomic E-state index is -3.92. The summed E-state index contributed by atoms with van der Waals surface area (Å²) in [5.74, 6) is -0.0559. The van der Waals surface area contributed by atoms with E-state index in [4.69, 9.17) is 25.5 Å². The first kappa shape index (κ1) is 33.2. The molecule has 0 aliphatic carbocycles. The molecule has 0 atom stereocenters. The third kappa shape index (κ3) is 9.17. The average Bonchev–Trinajstić information content (AvgIpc) is 3.48. The van der Waals surface area contributed by atoms with E-state index < -0.39 is 21.8 Å². The Morgan fingerprint density at radius 2 is 1.58 bits per heavy atom. The zero-order valence-electron chi connectivity index (χ0n) is 24.9. The van der Waals surface area contributed by atoms with Crippen LogP contribution in [-0.4, -0.2) is 51.5 Å². The number of hydrogen-bond acceptors (Lipinski definition) is 8. The summed E-state index contributed by atoms with van der Waals surface area (Å²) in [5.41, 5.74) is 4.90. The Morgan fingerprint density at radius 3 is 2.27 bits per heavy atom. The number of rotatable bonds is 13. The van der Waals surface area contributed by atoms with Gasteiger partial charge in [0, 0.05) is 18.1 Å². The first-order valence-corrected chi connectivity index (χ1v) is 15.6. The molecule has 11 nitrogen and oxygen atoms in total. The van der Waals surface area contributed by atoms with E-state index in [9.17, 15) is 18.0 Å². The first-order valence-electron chi connectivity index (χ1n) is 13.8. The smallest absolute Gasteiger partial charge is 0.329 e. The molecule has 0 spiro atoms. The van der Waals surface area contributed by atoms with Gasteiger partial charge in [-0.1, -0.05) is 47.5 Å². The molecule has 0 saturated heterocycles. The lowest BCUT2D eigenvalue weighted by molar-refractivity contribution is -0.139. The van der Waals surface area contributed by atoms with Crippen molar-refractivity contribution in [3.05, 3.63) is 112 Å². The molecule has 0 fully saturated rings. The van der Waals surface area contributed by atoms with Gasteiger partial charge in [0.05, 0.1) is 31.9 Å². The molecule has 236 valence electrons. The molecule has 45 heavy (non-hydrogen) atoms. The molecule has 1 heterocycles. The summed E-state index contributed by atoms with van der Waals surface area (Å²) >= 11 is 5.97. The molecule has 13 heteroatoms. The maximum Gasteiger partial charge on any atom is 0.329 e. The number of carbonyl (C=O) groups is 2. The molecule has 0 bridgehead atoms. The normalized spacial score (nSPS) is 11.5. The molecule has 3 aromatic carbocycles. The molecular weight excluding hydrogens is 620 g/mol. The summed E-state index contributed by atoms with van der Waals surface area (Å²) in [7, 11) is -0.840. The lowest BCUT2D eigenvalue weighted by atomic mass is 10.1. The standard InChI is InChI=1S/C32H33ClN4O7S/c1-22-4-6-24(7-5-22)20-37(45(40,41)28-13-9-25(33)10-14-28)21-27-12-11-26(44-27)19-35-36-32(39)31(38)34-17-16-23-8-15-29(42-2)30(18-23)43-3/h4-15,18-19H,16-17,20-21H2,1-3H3,(H,34,38)(H,36,39)/b35-19+. The van der Waals surface area contributed by atoms with Crippen molar-refractivity contribution < 1.29 is 31.9 Å². The largest absolute Gasteiger partial charge is 0.493 e. The van der Waals surface area contributed by atoms with Crippen LogP contribution in [0.5, 0.6) is 11.5 Å². The van der Waals surface area contributed by atoms with Gasteiger partial charge in [0.15, 0.2) is 11.5 Å². The minimum absolute atomic E-state index is 0.0679. The highest BCUT2D eigenvalue weighted by Crippen LogP contribution is 2.27. The van der Waals surface area contributed by atoms with E-state index in [0.29, 0.717) is 28.7 Å². The first-order chi connectivity index (χ1) is 21.6. The van der Waals surface area contributed by atoms with Crippen LogP contribution in [0.4, 0.5) is 0 Å². The van der Waals surface area contributed by atoms with Crippen LogP contribution in [0.1, 0.15) is 28.2 Å². The number of benzene rings is 3. The molecule has 0 radical (unpaired) electrons. The fourth-order valence-corrected chi connectivity index (χ4v) is 5.76. The monoisotopic (exact) mass is 652 g/mol. The highest BCUT2D eigenvalue weighted by Gasteiger charge is 2.26. The number of sulfonamides is 1. The maximum absolute atomic E-state index is 13.6. The van der Waals surface area contributed by atoms with Crippen molar-refractivity contribution in [1.82, 2.24) is 15.0 Å². The summed E-state index contributed by atoms with van der Waals surface area (Å²) < 4.78 is 44.7. The number of halogens is 1. The molecule has 2 amide bonds. The van der Waals surface area contributed by atoms with Crippen molar-refractivity contribution in [2.45, 2.75) is 31.3 Å². The summed E-state index contributed by atoms with van der Waals surface area (Å²) in [5, 5.41) is 6.75. The lowest BCUT2D eigenvalue weighted by Crippen LogP contribution is -2.38. The number of hydrazone groups is 1. The van der Waals surface area contributed by atoms with Crippen molar-refractivity contribution in [1.29, 1.82) is 0 Å². The summed E-state index contributed by atoms with van der Waals surface area (Å²) in [6, 6.07) is 22.1. The fourth-order valence-electron chi connectivity index (χ4n) is 4.24. The second-order valence-electron chi connectivity index (χ2n) is 9.91. The molecule has 2 N–H and O–H groups in total. The number of nitrogens with one attached hydrogen (secondary N) is 2. The number of nitrogens with zero attached hydrogens (tertiary/aromatic N) is 2. The van der Waals surface area contributed by atoms with Crippen molar-refractivity contribution in [3.8, 4) is 11.5 Å². The Kier molecular flexibility index (Phi) is 11.4. The van der Waals surface area contributed by atoms with Gasteiger partial charge in [0.2, 0.25) is 10.0 Å². The van der Waals surface area contributed by atoms with Crippen LogP contribution in [-0.2, 0) is 39.1 Å². The lowest BCUT2D eigenvalue weighted by Gasteiger charge is -2.21.